The Morgan fingerprint density at radius 3 is 3.05 bits per heavy atom. The molecule has 1 aromatic heterocycles. The van der Waals surface area contributed by atoms with Crippen LogP contribution in [0.2, 0.25) is 5.02 Å². The number of rotatable bonds is 5. The van der Waals surface area contributed by atoms with Crippen LogP contribution < -0.4 is 15.0 Å². The Bertz CT molecular complexity index is 621. The lowest BCUT2D eigenvalue weighted by Crippen LogP contribution is -2.32. The molecule has 1 aliphatic rings. The second-order valence-electron chi connectivity index (χ2n) is 5.45. The largest absolute Gasteiger partial charge is 0.495 e. The van der Waals surface area contributed by atoms with Crippen LogP contribution in [-0.2, 0) is 6.54 Å². The van der Waals surface area contributed by atoms with Crippen LogP contribution in [0, 0.1) is 0 Å². The molecular formula is C17H20ClN3O. The second-order valence-corrected chi connectivity index (χ2v) is 5.89. The SMILES string of the molecule is COc1ccc(Cl)cc1N1CC[C@H](NCc2ccccn2)C1. The minimum atomic E-state index is 0.450. The van der Waals surface area contributed by atoms with Crippen molar-refractivity contribution in [2.45, 2.75) is 19.0 Å². The minimum Gasteiger partial charge on any atom is -0.495 e. The fourth-order valence-electron chi connectivity index (χ4n) is 2.81. The number of halogens is 1. The topological polar surface area (TPSA) is 37.4 Å². The van der Waals surface area contributed by atoms with Crippen molar-refractivity contribution in [2.75, 3.05) is 25.1 Å². The number of hydrogen-bond acceptors (Lipinski definition) is 4. The number of methoxy groups -OCH3 is 1. The summed E-state index contributed by atoms with van der Waals surface area (Å²) in [6.07, 6.45) is 2.93. The van der Waals surface area contributed by atoms with E-state index >= 15 is 0 Å². The molecule has 1 aromatic carbocycles. The number of hydrogen-bond donors (Lipinski definition) is 1. The molecule has 1 aliphatic heterocycles. The van der Waals surface area contributed by atoms with Crippen molar-refractivity contribution in [2.24, 2.45) is 0 Å². The highest BCUT2D eigenvalue weighted by molar-refractivity contribution is 6.30. The van der Waals surface area contributed by atoms with Crippen molar-refractivity contribution in [1.29, 1.82) is 0 Å². The number of nitrogens with one attached hydrogen (secondary N) is 1. The highest BCUT2D eigenvalue weighted by atomic mass is 35.5. The van der Waals surface area contributed by atoms with E-state index in [0.29, 0.717) is 6.04 Å². The van der Waals surface area contributed by atoms with Gasteiger partial charge in [0.15, 0.2) is 0 Å². The molecule has 1 N–H and O–H groups in total. The van der Waals surface area contributed by atoms with Crippen molar-refractivity contribution >= 4 is 17.3 Å². The van der Waals surface area contributed by atoms with E-state index in [1.54, 1.807) is 7.11 Å². The molecule has 22 heavy (non-hydrogen) atoms. The van der Waals surface area contributed by atoms with Crippen LogP contribution in [-0.4, -0.2) is 31.2 Å². The number of nitrogens with zero attached hydrogens (tertiary/aromatic N) is 2. The lowest BCUT2D eigenvalue weighted by atomic mass is 10.2. The molecule has 4 nitrogen and oxygen atoms in total. The maximum Gasteiger partial charge on any atom is 0.142 e. The zero-order valence-corrected chi connectivity index (χ0v) is 13.4. The van der Waals surface area contributed by atoms with Crippen LogP contribution in [0.1, 0.15) is 12.1 Å². The molecule has 0 unspecified atom stereocenters. The number of benzene rings is 1. The van der Waals surface area contributed by atoms with Crippen molar-refractivity contribution < 1.29 is 4.74 Å². The van der Waals surface area contributed by atoms with E-state index in [0.717, 1.165) is 48.2 Å². The van der Waals surface area contributed by atoms with E-state index in [1.165, 1.54) is 0 Å². The molecule has 0 aliphatic carbocycles. The van der Waals surface area contributed by atoms with Crippen LogP contribution in [0.3, 0.4) is 0 Å². The van der Waals surface area contributed by atoms with Gasteiger partial charge in [-0.25, -0.2) is 0 Å². The van der Waals surface area contributed by atoms with Gasteiger partial charge in [0.05, 0.1) is 18.5 Å². The minimum absolute atomic E-state index is 0.450. The zero-order valence-electron chi connectivity index (χ0n) is 12.6. The normalized spacial score (nSPS) is 17.7. The Balaban J connectivity index is 1.61. The van der Waals surface area contributed by atoms with E-state index in [-0.39, 0.29) is 0 Å². The number of pyridine rings is 1. The lowest BCUT2D eigenvalue weighted by Gasteiger charge is -2.21. The van der Waals surface area contributed by atoms with Crippen LogP contribution >= 0.6 is 11.6 Å². The molecule has 0 saturated carbocycles. The lowest BCUT2D eigenvalue weighted by molar-refractivity contribution is 0.414. The van der Waals surface area contributed by atoms with E-state index in [2.05, 4.69) is 15.2 Å². The predicted octanol–water partition coefficient (Wildman–Crippen LogP) is 3.11. The third-order valence-electron chi connectivity index (χ3n) is 3.97. The monoisotopic (exact) mass is 317 g/mol. The summed E-state index contributed by atoms with van der Waals surface area (Å²) in [6, 6.07) is 12.2. The first-order valence-corrected chi connectivity index (χ1v) is 7.86. The molecule has 3 rings (SSSR count). The third-order valence-corrected chi connectivity index (χ3v) is 4.20. The molecular weight excluding hydrogens is 298 g/mol. The summed E-state index contributed by atoms with van der Waals surface area (Å²) in [7, 11) is 1.69. The van der Waals surface area contributed by atoms with Gasteiger partial charge in [-0.15, -0.1) is 0 Å². The maximum absolute atomic E-state index is 6.12. The van der Waals surface area contributed by atoms with Gasteiger partial charge in [-0.2, -0.15) is 0 Å². The summed E-state index contributed by atoms with van der Waals surface area (Å²) in [5.41, 5.74) is 2.14. The Kier molecular flexibility index (Phi) is 4.80. The van der Waals surface area contributed by atoms with E-state index in [4.69, 9.17) is 16.3 Å². The summed E-state index contributed by atoms with van der Waals surface area (Å²) in [4.78, 5) is 6.66. The highest BCUT2D eigenvalue weighted by Gasteiger charge is 2.24. The molecule has 2 aromatic rings. The average Bonchev–Trinajstić information content (AvgIpc) is 3.03. The van der Waals surface area contributed by atoms with E-state index in [1.807, 2.05) is 42.6 Å². The number of aromatic nitrogens is 1. The molecule has 5 heteroatoms. The quantitative estimate of drug-likeness (QED) is 0.919. The first-order valence-electron chi connectivity index (χ1n) is 7.48. The predicted molar refractivity (Wildman–Crippen MR) is 89.7 cm³/mol. The van der Waals surface area contributed by atoms with Gasteiger partial charge in [-0.3, -0.25) is 4.98 Å². The van der Waals surface area contributed by atoms with Crippen molar-refractivity contribution in [1.82, 2.24) is 10.3 Å². The first-order chi connectivity index (χ1) is 10.8. The fraction of sp³-hybridized carbons (Fsp3) is 0.353. The highest BCUT2D eigenvalue weighted by Crippen LogP contribution is 2.33. The molecule has 0 radical (unpaired) electrons. The van der Waals surface area contributed by atoms with Gasteiger partial charge in [0.2, 0.25) is 0 Å². The van der Waals surface area contributed by atoms with E-state index < -0.39 is 0 Å². The van der Waals surface area contributed by atoms with Gasteiger partial charge in [-0.1, -0.05) is 17.7 Å². The van der Waals surface area contributed by atoms with Gasteiger partial charge in [0.1, 0.15) is 5.75 Å². The molecule has 2 heterocycles. The second kappa shape index (κ2) is 6.99. The van der Waals surface area contributed by atoms with Crippen LogP contribution in [0.15, 0.2) is 42.6 Å². The van der Waals surface area contributed by atoms with Gasteiger partial charge < -0.3 is 15.0 Å². The molecule has 1 saturated heterocycles. The van der Waals surface area contributed by atoms with Gasteiger partial charge in [0.25, 0.3) is 0 Å². The average molecular weight is 318 g/mol. The molecule has 1 fully saturated rings. The van der Waals surface area contributed by atoms with Crippen LogP contribution in [0.4, 0.5) is 5.69 Å². The Labute approximate surface area is 136 Å². The summed E-state index contributed by atoms with van der Waals surface area (Å²) < 4.78 is 5.45. The number of anilines is 1. The molecule has 1 atom stereocenters. The Morgan fingerprint density at radius 1 is 1.36 bits per heavy atom. The van der Waals surface area contributed by atoms with Gasteiger partial charge >= 0.3 is 0 Å². The maximum atomic E-state index is 6.12. The van der Waals surface area contributed by atoms with Crippen molar-refractivity contribution in [3.8, 4) is 5.75 Å². The number of ether oxygens (including phenoxy) is 1. The summed E-state index contributed by atoms with van der Waals surface area (Å²) >= 11 is 6.12. The molecule has 0 bridgehead atoms. The smallest absolute Gasteiger partial charge is 0.142 e. The summed E-state index contributed by atoms with van der Waals surface area (Å²) in [5.74, 6) is 0.870. The molecule has 116 valence electrons. The van der Waals surface area contributed by atoms with E-state index in [9.17, 15) is 0 Å². The summed E-state index contributed by atoms with van der Waals surface area (Å²) in [5, 5.41) is 4.31. The molecule has 0 spiro atoms. The Morgan fingerprint density at radius 2 is 2.27 bits per heavy atom. The summed E-state index contributed by atoms with van der Waals surface area (Å²) in [6.45, 7) is 2.74. The zero-order chi connectivity index (χ0) is 15.4. The first kappa shape index (κ1) is 15.1. The van der Waals surface area contributed by atoms with Gasteiger partial charge in [0, 0.05) is 36.9 Å². The van der Waals surface area contributed by atoms with Crippen molar-refractivity contribution in [3.63, 3.8) is 0 Å². The fourth-order valence-corrected chi connectivity index (χ4v) is 2.97. The standard InChI is InChI=1S/C17H20ClN3O/c1-22-17-6-5-13(18)10-16(17)21-9-7-15(12-21)20-11-14-4-2-3-8-19-14/h2-6,8,10,15,20H,7,9,11-12H2,1H3/t15-/m0/s1. The van der Waals surface area contributed by atoms with Crippen molar-refractivity contribution in [3.05, 3.63) is 53.3 Å². The molecule has 0 amide bonds. The third kappa shape index (κ3) is 3.51. The van der Waals surface area contributed by atoms with Crippen LogP contribution in [0.25, 0.3) is 0 Å². The van der Waals surface area contributed by atoms with Crippen LogP contribution in [0.5, 0.6) is 5.75 Å². The van der Waals surface area contributed by atoms with Gasteiger partial charge in [-0.05, 0) is 36.8 Å². The Hall–Kier alpha value is -1.78.